The second kappa shape index (κ2) is 4.97. The van der Waals surface area contributed by atoms with Crippen LogP contribution < -0.4 is 5.73 Å². The SMILES string of the molecule is Nc1ncnc2c1ncn2[C@H]1CC[C@@H](C=CCO)C1. The van der Waals surface area contributed by atoms with Gasteiger partial charge in [0.05, 0.1) is 12.9 Å². The number of hydrogen-bond donors (Lipinski definition) is 2. The van der Waals surface area contributed by atoms with Gasteiger partial charge in [0.2, 0.25) is 0 Å². The molecule has 1 aliphatic rings. The maximum atomic E-state index is 8.82. The molecule has 2 aromatic heterocycles. The first-order chi connectivity index (χ1) is 9.29. The lowest BCUT2D eigenvalue weighted by molar-refractivity contribution is 0.341. The van der Waals surface area contributed by atoms with Crippen molar-refractivity contribution in [1.82, 2.24) is 19.5 Å². The number of nitrogen functional groups attached to an aromatic ring is 1. The summed E-state index contributed by atoms with van der Waals surface area (Å²) in [5.41, 5.74) is 7.28. The summed E-state index contributed by atoms with van der Waals surface area (Å²) in [6.07, 6.45) is 10.5. The van der Waals surface area contributed by atoms with Crippen molar-refractivity contribution < 1.29 is 5.11 Å². The van der Waals surface area contributed by atoms with Crippen molar-refractivity contribution in [2.45, 2.75) is 25.3 Å². The maximum Gasteiger partial charge on any atom is 0.165 e. The topological polar surface area (TPSA) is 89.9 Å². The number of aliphatic hydroxyl groups excluding tert-OH is 1. The zero-order valence-electron chi connectivity index (χ0n) is 10.6. The largest absolute Gasteiger partial charge is 0.392 e. The summed E-state index contributed by atoms with van der Waals surface area (Å²) in [5.74, 6) is 0.951. The van der Waals surface area contributed by atoms with E-state index in [1.54, 1.807) is 6.33 Å². The van der Waals surface area contributed by atoms with Gasteiger partial charge in [0.25, 0.3) is 0 Å². The number of anilines is 1. The third-order valence-corrected chi connectivity index (χ3v) is 3.74. The van der Waals surface area contributed by atoms with E-state index in [-0.39, 0.29) is 6.61 Å². The summed E-state index contributed by atoms with van der Waals surface area (Å²) >= 11 is 0. The van der Waals surface area contributed by atoms with Crippen LogP contribution in [0, 0.1) is 5.92 Å². The number of rotatable bonds is 3. The summed E-state index contributed by atoms with van der Waals surface area (Å²) in [5, 5.41) is 8.82. The fraction of sp³-hybridized carbons (Fsp3) is 0.462. The number of nitrogens with zero attached hydrogens (tertiary/aromatic N) is 4. The van der Waals surface area contributed by atoms with Crippen molar-refractivity contribution >= 4 is 17.0 Å². The molecule has 2 aromatic rings. The number of aliphatic hydroxyl groups is 1. The Bertz CT molecular complexity index is 606. The first kappa shape index (κ1) is 12.1. The zero-order valence-corrected chi connectivity index (χ0v) is 10.6. The van der Waals surface area contributed by atoms with Crippen molar-refractivity contribution in [1.29, 1.82) is 0 Å². The average Bonchev–Trinajstić information content (AvgIpc) is 3.02. The van der Waals surface area contributed by atoms with E-state index in [2.05, 4.69) is 25.6 Å². The Morgan fingerprint density at radius 1 is 1.37 bits per heavy atom. The molecule has 0 radical (unpaired) electrons. The molecule has 3 N–H and O–H groups in total. The van der Waals surface area contributed by atoms with Gasteiger partial charge >= 0.3 is 0 Å². The fourth-order valence-electron chi connectivity index (χ4n) is 2.81. The lowest BCUT2D eigenvalue weighted by atomic mass is 10.1. The summed E-state index contributed by atoms with van der Waals surface area (Å²) in [4.78, 5) is 12.5. The van der Waals surface area contributed by atoms with E-state index in [1.807, 2.05) is 6.08 Å². The van der Waals surface area contributed by atoms with E-state index >= 15 is 0 Å². The predicted molar refractivity (Wildman–Crippen MR) is 72.3 cm³/mol. The van der Waals surface area contributed by atoms with Gasteiger partial charge in [0.1, 0.15) is 11.8 Å². The lowest BCUT2D eigenvalue weighted by Gasteiger charge is -2.12. The summed E-state index contributed by atoms with van der Waals surface area (Å²) < 4.78 is 2.10. The molecular formula is C13H17N5O. The molecule has 0 unspecified atom stereocenters. The molecule has 100 valence electrons. The van der Waals surface area contributed by atoms with E-state index in [4.69, 9.17) is 10.8 Å². The van der Waals surface area contributed by atoms with Gasteiger partial charge in [-0.2, -0.15) is 0 Å². The van der Waals surface area contributed by atoms with Crippen LogP contribution in [0.2, 0.25) is 0 Å². The van der Waals surface area contributed by atoms with E-state index < -0.39 is 0 Å². The first-order valence-corrected chi connectivity index (χ1v) is 6.50. The van der Waals surface area contributed by atoms with Crippen molar-refractivity contribution in [2.75, 3.05) is 12.3 Å². The maximum absolute atomic E-state index is 8.82. The molecule has 19 heavy (non-hydrogen) atoms. The Hall–Kier alpha value is -1.95. The van der Waals surface area contributed by atoms with Crippen LogP contribution in [-0.2, 0) is 0 Å². The lowest BCUT2D eigenvalue weighted by Crippen LogP contribution is -2.05. The molecule has 2 atom stereocenters. The van der Waals surface area contributed by atoms with E-state index in [0.29, 0.717) is 23.3 Å². The number of fused-ring (bicyclic) bond motifs is 1. The van der Waals surface area contributed by atoms with E-state index in [9.17, 15) is 0 Å². The van der Waals surface area contributed by atoms with Gasteiger partial charge in [-0.15, -0.1) is 0 Å². The highest BCUT2D eigenvalue weighted by atomic mass is 16.2. The summed E-state index contributed by atoms with van der Waals surface area (Å²) in [7, 11) is 0. The Morgan fingerprint density at radius 3 is 3.11 bits per heavy atom. The molecule has 1 fully saturated rings. The molecule has 0 bridgehead atoms. The van der Waals surface area contributed by atoms with E-state index in [0.717, 1.165) is 24.9 Å². The van der Waals surface area contributed by atoms with Gasteiger partial charge in [-0.05, 0) is 25.2 Å². The molecule has 2 heterocycles. The van der Waals surface area contributed by atoms with Gasteiger partial charge in [0, 0.05) is 6.04 Å². The minimum absolute atomic E-state index is 0.110. The molecular weight excluding hydrogens is 242 g/mol. The van der Waals surface area contributed by atoms with Crippen LogP contribution in [0.25, 0.3) is 11.2 Å². The van der Waals surface area contributed by atoms with Gasteiger partial charge in [0.15, 0.2) is 11.5 Å². The van der Waals surface area contributed by atoms with Crippen LogP contribution in [0.1, 0.15) is 25.3 Å². The van der Waals surface area contributed by atoms with Gasteiger partial charge in [-0.25, -0.2) is 15.0 Å². The zero-order chi connectivity index (χ0) is 13.2. The monoisotopic (exact) mass is 259 g/mol. The van der Waals surface area contributed by atoms with Crippen LogP contribution in [0.15, 0.2) is 24.8 Å². The number of nitrogens with two attached hydrogens (primary N) is 1. The number of imidazole rings is 1. The predicted octanol–water partition coefficient (Wildman–Crippen LogP) is 1.30. The highest BCUT2D eigenvalue weighted by Crippen LogP contribution is 2.36. The molecule has 6 heteroatoms. The number of hydrogen-bond acceptors (Lipinski definition) is 5. The van der Waals surface area contributed by atoms with Crippen molar-refractivity contribution in [3.05, 3.63) is 24.8 Å². The third-order valence-electron chi connectivity index (χ3n) is 3.74. The molecule has 1 aliphatic carbocycles. The fourth-order valence-corrected chi connectivity index (χ4v) is 2.81. The molecule has 0 aromatic carbocycles. The molecule has 1 saturated carbocycles. The Labute approximate surface area is 111 Å². The molecule has 0 amide bonds. The molecule has 0 spiro atoms. The molecule has 0 aliphatic heterocycles. The second-order valence-electron chi connectivity index (χ2n) is 4.92. The van der Waals surface area contributed by atoms with Crippen LogP contribution in [0.4, 0.5) is 5.82 Å². The van der Waals surface area contributed by atoms with Crippen LogP contribution in [0.5, 0.6) is 0 Å². The van der Waals surface area contributed by atoms with Gasteiger partial charge in [-0.1, -0.05) is 12.2 Å². The summed E-state index contributed by atoms with van der Waals surface area (Å²) in [6.45, 7) is 0.110. The highest BCUT2D eigenvalue weighted by Gasteiger charge is 2.25. The standard InChI is InChI=1S/C13H17N5O/c14-12-11-13(16-7-15-12)18(8-17-11)10-4-3-9(6-10)2-1-5-19/h1-2,7-10,19H,3-6H2,(H2,14,15,16)/t9-,10+/m1/s1. The number of aromatic nitrogens is 4. The number of allylic oxidation sites excluding steroid dienone is 1. The minimum Gasteiger partial charge on any atom is -0.392 e. The van der Waals surface area contributed by atoms with Crippen LogP contribution >= 0.6 is 0 Å². The van der Waals surface area contributed by atoms with Crippen molar-refractivity contribution in [2.24, 2.45) is 5.92 Å². The Balaban J connectivity index is 1.86. The quantitative estimate of drug-likeness (QED) is 0.811. The normalized spacial score (nSPS) is 23.6. The van der Waals surface area contributed by atoms with E-state index in [1.165, 1.54) is 6.33 Å². The smallest absolute Gasteiger partial charge is 0.165 e. The summed E-state index contributed by atoms with van der Waals surface area (Å²) in [6, 6.07) is 0.396. The van der Waals surface area contributed by atoms with Crippen LogP contribution in [-0.4, -0.2) is 31.2 Å². The van der Waals surface area contributed by atoms with Crippen LogP contribution in [0.3, 0.4) is 0 Å². The van der Waals surface area contributed by atoms with Crippen molar-refractivity contribution in [3.8, 4) is 0 Å². The average molecular weight is 259 g/mol. The minimum atomic E-state index is 0.110. The van der Waals surface area contributed by atoms with Crippen molar-refractivity contribution in [3.63, 3.8) is 0 Å². The van der Waals surface area contributed by atoms with Gasteiger partial charge < -0.3 is 15.4 Å². The Kier molecular flexibility index (Phi) is 3.16. The first-order valence-electron chi connectivity index (χ1n) is 6.50. The molecule has 0 saturated heterocycles. The second-order valence-corrected chi connectivity index (χ2v) is 4.92. The van der Waals surface area contributed by atoms with Gasteiger partial charge in [-0.3, -0.25) is 0 Å². The Morgan fingerprint density at radius 2 is 2.26 bits per heavy atom. The molecule has 6 nitrogen and oxygen atoms in total. The third kappa shape index (κ3) is 2.19. The highest BCUT2D eigenvalue weighted by molar-refractivity contribution is 5.81. The molecule has 3 rings (SSSR count).